The Morgan fingerprint density at radius 3 is 2.53 bits per heavy atom. The van der Waals surface area contributed by atoms with Gasteiger partial charge in [0, 0.05) is 19.7 Å². The molecule has 0 aromatic heterocycles. The molecule has 0 aliphatic rings. The van der Waals surface area contributed by atoms with Crippen LogP contribution in [0.4, 0.5) is 5.69 Å². The maximum atomic E-state index is 11.8. The second-order valence-electron chi connectivity index (χ2n) is 4.34. The summed E-state index contributed by atoms with van der Waals surface area (Å²) in [6, 6.07) is 4.02. The van der Waals surface area contributed by atoms with Crippen LogP contribution in [0.3, 0.4) is 0 Å². The van der Waals surface area contributed by atoms with Crippen LogP contribution in [0, 0.1) is 0 Å². The average molecular weight is 285 g/mol. The van der Waals surface area contributed by atoms with Gasteiger partial charge in [0.25, 0.3) is 5.91 Å². The highest BCUT2D eigenvalue weighted by Gasteiger charge is 2.17. The van der Waals surface area contributed by atoms with Crippen LogP contribution in [0.1, 0.15) is 23.7 Å². The van der Waals surface area contributed by atoms with Gasteiger partial charge in [0.05, 0.1) is 10.7 Å². The van der Waals surface area contributed by atoms with Crippen molar-refractivity contribution in [3.05, 3.63) is 28.8 Å². The highest BCUT2D eigenvalue weighted by atomic mass is 35.5. The van der Waals surface area contributed by atoms with Crippen molar-refractivity contribution in [3.63, 3.8) is 0 Å². The number of amides is 1. The molecule has 0 fully saturated rings. The number of hydrogen-bond donors (Lipinski definition) is 2. The van der Waals surface area contributed by atoms with E-state index in [9.17, 15) is 9.59 Å². The van der Waals surface area contributed by atoms with E-state index in [0.717, 1.165) is 0 Å². The Balaban J connectivity index is 3.04. The number of carbonyl (C=O) groups excluding carboxylic acids is 1. The van der Waals surface area contributed by atoms with Gasteiger partial charge in [-0.25, -0.2) is 4.79 Å². The van der Waals surface area contributed by atoms with Crippen LogP contribution in [-0.4, -0.2) is 42.0 Å². The molecule has 0 saturated heterocycles. The summed E-state index contributed by atoms with van der Waals surface area (Å²) in [6.45, 7) is 1.76. The number of halogens is 1. The summed E-state index contributed by atoms with van der Waals surface area (Å²) in [6.07, 6.45) is 0.414. The first-order chi connectivity index (χ1) is 8.86. The van der Waals surface area contributed by atoms with E-state index in [4.69, 9.17) is 16.7 Å². The first kappa shape index (κ1) is 15.3. The van der Waals surface area contributed by atoms with Crippen LogP contribution in [0.5, 0.6) is 0 Å². The highest BCUT2D eigenvalue weighted by molar-refractivity contribution is 6.33. The molecular weight excluding hydrogens is 268 g/mol. The summed E-state index contributed by atoms with van der Waals surface area (Å²) in [4.78, 5) is 24.3. The van der Waals surface area contributed by atoms with Gasteiger partial charge in [0.15, 0.2) is 0 Å². The fourth-order valence-electron chi connectivity index (χ4n) is 1.55. The zero-order chi connectivity index (χ0) is 14.6. The van der Waals surface area contributed by atoms with Crippen molar-refractivity contribution in [2.75, 3.05) is 19.4 Å². The van der Waals surface area contributed by atoms with Crippen LogP contribution in [0.25, 0.3) is 0 Å². The molecule has 0 heterocycles. The first-order valence-corrected chi connectivity index (χ1v) is 6.25. The molecule has 0 spiro atoms. The molecule has 0 bridgehead atoms. The largest absolute Gasteiger partial charge is 0.480 e. The van der Waals surface area contributed by atoms with Crippen LogP contribution in [-0.2, 0) is 4.79 Å². The number of rotatable bonds is 5. The van der Waals surface area contributed by atoms with Crippen molar-refractivity contribution < 1.29 is 14.7 Å². The summed E-state index contributed by atoms with van der Waals surface area (Å²) in [7, 11) is 3.30. The maximum Gasteiger partial charge on any atom is 0.326 e. The Morgan fingerprint density at radius 1 is 1.42 bits per heavy atom. The van der Waals surface area contributed by atoms with Crippen molar-refractivity contribution in [1.82, 2.24) is 4.90 Å². The van der Waals surface area contributed by atoms with E-state index in [1.807, 2.05) is 0 Å². The van der Waals surface area contributed by atoms with Gasteiger partial charge < -0.3 is 15.3 Å². The molecule has 1 amide bonds. The third kappa shape index (κ3) is 3.86. The molecule has 6 heteroatoms. The molecule has 1 aromatic rings. The van der Waals surface area contributed by atoms with Gasteiger partial charge in [-0.05, 0) is 24.6 Å². The molecule has 1 rings (SSSR count). The minimum Gasteiger partial charge on any atom is -0.480 e. The predicted octanol–water partition coefficient (Wildman–Crippen LogP) is 2.32. The quantitative estimate of drug-likeness (QED) is 0.870. The molecule has 0 aliphatic carbocycles. The van der Waals surface area contributed by atoms with Gasteiger partial charge in [-0.15, -0.1) is 0 Å². The number of carboxylic acids is 1. The van der Waals surface area contributed by atoms with E-state index in [-0.39, 0.29) is 5.91 Å². The van der Waals surface area contributed by atoms with Gasteiger partial charge in [-0.1, -0.05) is 18.5 Å². The smallest absolute Gasteiger partial charge is 0.326 e. The molecule has 5 nitrogen and oxygen atoms in total. The number of benzene rings is 1. The van der Waals surface area contributed by atoms with E-state index in [2.05, 4.69) is 5.32 Å². The van der Waals surface area contributed by atoms with Crippen LogP contribution < -0.4 is 5.32 Å². The van der Waals surface area contributed by atoms with Crippen LogP contribution >= 0.6 is 11.6 Å². The van der Waals surface area contributed by atoms with Crippen LogP contribution in [0.15, 0.2) is 18.2 Å². The lowest BCUT2D eigenvalue weighted by Crippen LogP contribution is -2.28. The number of nitrogens with one attached hydrogen (secondary N) is 1. The summed E-state index contributed by atoms with van der Waals surface area (Å²) < 4.78 is 0. The van der Waals surface area contributed by atoms with Crippen molar-refractivity contribution in [1.29, 1.82) is 0 Å². The molecule has 104 valence electrons. The molecule has 1 unspecified atom stereocenters. The molecule has 1 aromatic carbocycles. The molecule has 2 N–H and O–H groups in total. The number of carbonyl (C=O) groups is 2. The Labute approximate surface area is 117 Å². The molecule has 0 saturated carbocycles. The Kier molecular flexibility index (Phi) is 5.18. The van der Waals surface area contributed by atoms with Crippen molar-refractivity contribution in [2.45, 2.75) is 19.4 Å². The van der Waals surface area contributed by atoms with Crippen molar-refractivity contribution >= 4 is 29.2 Å². The first-order valence-electron chi connectivity index (χ1n) is 5.87. The summed E-state index contributed by atoms with van der Waals surface area (Å²) >= 11 is 6.01. The van der Waals surface area contributed by atoms with Crippen molar-refractivity contribution in [3.8, 4) is 0 Å². The van der Waals surface area contributed by atoms with Crippen LogP contribution in [0.2, 0.25) is 5.02 Å². The van der Waals surface area contributed by atoms with Gasteiger partial charge in [-0.3, -0.25) is 4.79 Å². The zero-order valence-corrected chi connectivity index (χ0v) is 11.9. The van der Waals surface area contributed by atoms with Crippen molar-refractivity contribution in [2.24, 2.45) is 0 Å². The SMILES string of the molecule is CCC(Nc1cc(C(=O)N(C)C)ccc1Cl)C(=O)O. The number of anilines is 1. The average Bonchev–Trinajstić information content (AvgIpc) is 2.36. The Hall–Kier alpha value is -1.75. The van der Waals surface area contributed by atoms with Gasteiger partial charge >= 0.3 is 5.97 Å². The summed E-state index contributed by atoms with van der Waals surface area (Å²) in [5, 5.41) is 12.2. The third-order valence-electron chi connectivity index (χ3n) is 2.66. The number of aliphatic carboxylic acids is 1. The minimum atomic E-state index is -0.956. The monoisotopic (exact) mass is 284 g/mol. The lowest BCUT2D eigenvalue weighted by molar-refractivity contribution is -0.137. The molecule has 19 heavy (non-hydrogen) atoms. The molecular formula is C13H17ClN2O3. The number of carboxylic acid groups (broad SMARTS) is 1. The van der Waals surface area contributed by atoms with E-state index in [1.165, 1.54) is 4.90 Å². The summed E-state index contributed by atoms with van der Waals surface area (Å²) in [5.74, 6) is -1.12. The zero-order valence-electron chi connectivity index (χ0n) is 11.1. The normalized spacial score (nSPS) is 11.8. The van der Waals surface area contributed by atoms with E-state index in [1.54, 1.807) is 39.2 Å². The molecule has 0 aliphatic heterocycles. The standard InChI is InChI=1S/C13H17ClN2O3/c1-4-10(13(18)19)15-11-7-8(5-6-9(11)14)12(17)16(2)3/h5-7,10,15H,4H2,1-3H3,(H,18,19). The fraction of sp³-hybridized carbons (Fsp3) is 0.385. The highest BCUT2D eigenvalue weighted by Crippen LogP contribution is 2.24. The Bertz CT molecular complexity index is 489. The molecule has 0 radical (unpaired) electrons. The number of nitrogens with zero attached hydrogens (tertiary/aromatic N) is 1. The molecule has 1 atom stereocenters. The fourth-order valence-corrected chi connectivity index (χ4v) is 1.73. The van der Waals surface area contributed by atoms with Gasteiger partial charge in [0.2, 0.25) is 0 Å². The summed E-state index contributed by atoms with van der Waals surface area (Å²) in [5.41, 5.74) is 0.903. The van der Waals surface area contributed by atoms with E-state index >= 15 is 0 Å². The van der Waals surface area contributed by atoms with Gasteiger partial charge in [-0.2, -0.15) is 0 Å². The topological polar surface area (TPSA) is 69.6 Å². The second kappa shape index (κ2) is 6.43. The third-order valence-corrected chi connectivity index (χ3v) is 2.99. The number of hydrogen-bond acceptors (Lipinski definition) is 3. The minimum absolute atomic E-state index is 0.164. The Morgan fingerprint density at radius 2 is 2.05 bits per heavy atom. The van der Waals surface area contributed by atoms with Gasteiger partial charge in [0.1, 0.15) is 6.04 Å². The maximum absolute atomic E-state index is 11.8. The lowest BCUT2D eigenvalue weighted by atomic mass is 10.1. The lowest BCUT2D eigenvalue weighted by Gasteiger charge is -2.17. The second-order valence-corrected chi connectivity index (χ2v) is 4.74. The van der Waals surface area contributed by atoms with E-state index in [0.29, 0.717) is 22.7 Å². The predicted molar refractivity (Wildman–Crippen MR) is 74.8 cm³/mol. The van der Waals surface area contributed by atoms with E-state index < -0.39 is 12.0 Å².